The number of imide groups is 1. The van der Waals surface area contributed by atoms with E-state index >= 15 is 0 Å². The molecule has 4 unspecified atom stereocenters. The van der Waals surface area contributed by atoms with E-state index in [-0.39, 0.29) is 11.8 Å². The summed E-state index contributed by atoms with van der Waals surface area (Å²) in [4.78, 5) is 29.6. The van der Waals surface area contributed by atoms with Crippen LogP contribution >= 0.6 is 0 Å². The van der Waals surface area contributed by atoms with Gasteiger partial charge in [-0.3, -0.25) is 14.5 Å². The molecule has 6 rings (SSSR count). The second-order valence-electron chi connectivity index (χ2n) is 9.98. The van der Waals surface area contributed by atoms with Gasteiger partial charge in [-0.05, 0) is 60.1 Å². The summed E-state index contributed by atoms with van der Waals surface area (Å²) in [6, 6.07) is 20.6. The molecule has 0 spiro atoms. The maximum atomic E-state index is 14.1. The first-order valence-electron chi connectivity index (χ1n) is 11.9. The first-order valence-corrected chi connectivity index (χ1v) is 11.9. The molecule has 4 aliphatic rings. The molecule has 168 valence electrons. The van der Waals surface area contributed by atoms with E-state index < -0.39 is 22.0 Å². The van der Waals surface area contributed by atoms with Crippen LogP contribution in [0.1, 0.15) is 51.7 Å². The summed E-state index contributed by atoms with van der Waals surface area (Å²) in [6.07, 6.45) is 1.34. The van der Waals surface area contributed by atoms with Gasteiger partial charge in [0, 0.05) is 7.05 Å². The topological polar surface area (TPSA) is 49.9 Å². The fourth-order valence-corrected chi connectivity index (χ4v) is 7.92. The van der Waals surface area contributed by atoms with Crippen LogP contribution in [0.3, 0.4) is 0 Å². The van der Waals surface area contributed by atoms with Gasteiger partial charge in [0.15, 0.2) is 0 Å². The van der Waals surface area contributed by atoms with Crippen LogP contribution in [0.4, 0.5) is 0 Å². The van der Waals surface area contributed by atoms with Crippen LogP contribution in [0.2, 0.25) is 0 Å². The van der Waals surface area contributed by atoms with Gasteiger partial charge in [-0.25, -0.2) is 0 Å². The van der Waals surface area contributed by atoms with Crippen molar-refractivity contribution >= 4 is 23.0 Å². The van der Waals surface area contributed by atoms with Crippen LogP contribution in [-0.4, -0.2) is 35.0 Å². The van der Waals surface area contributed by atoms with Crippen molar-refractivity contribution in [1.29, 1.82) is 0 Å². The lowest BCUT2D eigenvalue weighted by molar-refractivity contribution is -0.145. The van der Waals surface area contributed by atoms with Crippen molar-refractivity contribution in [2.45, 2.75) is 51.7 Å². The number of benzene rings is 2. The quantitative estimate of drug-likeness (QED) is 0.482. The second kappa shape index (κ2) is 6.12. The molecule has 2 amide bonds. The SMILES string of the molecule is CCC1=C(c2ccccc2)C(c2ccccc2)=C(CC)C23C(=O)N(C)C(=O)C12C1(C)OC13C. The number of allylic oxidation sites excluding steroid dienone is 2. The van der Waals surface area contributed by atoms with Gasteiger partial charge in [-0.1, -0.05) is 74.5 Å². The minimum Gasteiger partial charge on any atom is -0.360 e. The van der Waals surface area contributed by atoms with Crippen LogP contribution in [0.25, 0.3) is 11.1 Å². The van der Waals surface area contributed by atoms with Crippen LogP contribution in [-0.2, 0) is 14.3 Å². The van der Waals surface area contributed by atoms with Crippen LogP contribution in [0, 0.1) is 10.8 Å². The zero-order valence-electron chi connectivity index (χ0n) is 19.9. The largest absolute Gasteiger partial charge is 0.360 e. The maximum Gasteiger partial charge on any atom is 0.243 e. The summed E-state index contributed by atoms with van der Waals surface area (Å²) in [5.41, 5.74) is 3.03. The molecule has 2 aromatic carbocycles. The van der Waals surface area contributed by atoms with Gasteiger partial charge in [0.2, 0.25) is 11.8 Å². The van der Waals surface area contributed by atoms with Crippen molar-refractivity contribution in [3.63, 3.8) is 0 Å². The minimum absolute atomic E-state index is 0.117. The van der Waals surface area contributed by atoms with E-state index in [1.807, 2.05) is 50.2 Å². The van der Waals surface area contributed by atoms with Crippen molar-refractivity contribution in [3.8, 4) is 0 Å². The first kappa shape index (κ1) is 20.6. The first-order chi connectivity index (χ1) is 15.8. The maximum absolute atomic E-state index is 14.1. The van der Waals surface area contributed by atoms with Gasteiger partial charge in [-0.2, -0.15) is 0 Å². The number of ether oxygens (including phenoxy) is 1. The molecule has 4 atom stereocenters. The van der Waals surface area contributed by atoms with E-state index in [0.29, 0.717) is 12.8 Å². The van der Waals surface area contributed by atoms with Gasteiger partial charge in [0.05, 0.1) is 0 Å². The molecule has 1 saturated carbocycles. The highest BCUT2D eigenvalue weighted by Crippen LogP contribution is 2.91. The van der Waals surface area contributed by atoms with E-state index in [0.717, 1.165) is 33.4 Å². The molecule has 2 saturated heterocycles. The van der Waals surface area contributed by atoms with Gasteiger partial charge in [0.1, 0.15) is 22.0 Å². The molecule has 2 heterocycles. The number of hydrogen-bond acceptors (Lipinski definition) is 3. The number of likely N-dealkylation sites (tertiary alicyclic amines) is 1. The van der Waals surface area contributed by atoms with Crippen LogP contribution in [0.5, 0.6) is 0 Å². The lowest BCUT2D eigenvalue weighted by Gasteiger charge is -2.61. The zero-order chi connectivity index (χ0) is 23.4. The Morgan fingerprint density at radius 1 is 0.697 bits per heavy atom. The fraction of sp³-hybridized carbons (Fsp3) is 0.379. The molecule has 4 nitrogen and oxygen atoms in total. The second-order valence-corrected chi connectivity index (χ2v) is 9.98. The molecule has 0 radical (unpaired) electrons. The minimum atomic E-state index is -0.996. The lowest BCUT2D eigenvalue weighted by Crippen LogP contribution is -2.74. The third-order valence-corrected chi connectivity index (χ3v) is 9.11. The summed E-state index contributed by atoms with van der Waals surface area (Å²) < 4.78 is 6.48. The highest BCUT2D eigenvalue weighted by Gasteiger charge is 3.05. The summed E-state index contributed by atoms with van der Waals surface area (Å²) in [5, 5.41) is 0. The Morgan fingerprint density at radius 3 is 1.39 bits per heavy atom. The Balaban J connectivity index is 1.83. The molecule has 0 aromatic heterocycles. The Labute approximate surface area is 194 Å². The van der Waals surface area contributed by atoms with Gasteiger partial charge in [0.25, 0.3) is 0 Å². The number of carbonyl (C=O) groups excluding carboxylic acids is 2. The number of amides is 2. The van der Waals surface area contributed by atoms with Crippen molar-refractivity contribution in [1.82, 2.24) is 4.90 Å². The standard InChI is InChI=1S/C29H29NO3/c1-6-20-22(18-14-10-8-11-15-18)23(19-16-12-9-13-17-19)21(7-2)29-25(32)30(5)24(31)28(20,29)26(3)27(29,4)33-26/h8-17H,6-7H2,1-5H3. The Morgan fingerprint density at radius 2 is 1.06 bits per heavy atom. The molecular weight excluding hydrogens is 410 g/mol. The molecule has 2 aliphatic heterocycles. The van der Waals surface area contributed by atoms with Gasteiger partial charge in [-0.15, -0.1) is 0 Å². The number of epoxide rings is 1. The number of nitrogens with zero attached hydrogens (tertiary/aromatic N) is 1. The average Bonchev–Trinajstić information content (AvgIpc) is 3.31. The van der Waals surface area contributed by atoms with Crippen molar-refractivity contribution in [2.75, 3.05) is 7.05 Å². The summed E-state index contributed by atoms with van der Waals surface area (Å²) in [5.74, 6) is -0.235. The highest BCUT2D eigenvalue weighted by atomic mass is 16.6. The molecule has 2 aliphatic carbocycles. The average molecular weight is 440 g/mol. The number of rotatable bonds is 4. The molecule has 4 heteroatoms. The van der Waals surface area contributed by atoms with Gasteiger partial charge >= 0.3 is 0 Å². The summed E-state index contributed by atoms with van der Waals surface area (Å²) in [6.45, 7) is 8.28. The third kappa shape index (κ3) is 1.78. The van der Waals surface area contributed by atoms with E-state index in [1.54, 1.807) is 7.05 Å². The van der Waals surface area contributed by atoms with E-state index in [1.165, 1.54) is 4.90 Å². The summed E-state index contributed by atoms with van der Waals surface area (Å²) >= 11 is 0. The van der Waals surface area contributed by atoms with E-state index in [9.17, 15) is 9.59 Å². The lowest BCUT2D eigenvalue weighted by atomic mass is 9.33. The third-order valence-electron chi connectivity index (χ3n) is 9.11. The zero-order valence-corrected chi connectivity index (χ0v) is 19.9. The molecule has 3 fully saturated rings. The molecular formula is C29H29NO3. The Hall–Kier alpha value is -2.98. The van der Waals surface area contributed by atoms with Crippen molar-refractivity contribution in [3.05, 3.63) is 82.9 Å². The predicted octanol–water partition coefficient (Wildman–Crippen LogP) is 5.26. The fourth-order valence-electron chi connectivity index (χ4n) is 7.92. The predicted molar refractivity (Wildman–Crippen MR) is 128 cm³/mol. The molecule has 0 bridgehead atoms. The van der Waals surface area contributed by atoms with Crippen molar-refractivity contribution < 1.29 is 14.3 Å². The van der Waals surface area contributed by atoms with E-state index in [2.05, 4.69) is 38.1 Å². The molecule has 33 heavy (non-hydrogen) atoms. The normalized spacial score (nSPS) is 36.5. The van der Waals surface area contributed by atoms with Crippen molar-refractivity contribution in [2.24, 2.45) is 10.8 Å². The highest BCUT2D eigenvalue weighted by molar-refractivity contribution is 6.24. The number of hydrogen-bond donors (Lipinski definition) is 0. The smallest absolute Gasteiger partial charge is 0.243 e. The Bertz CT molecular complexity index is 1190. The monoisotopic (exact) mass is 439 g/mol. The molecule has 0 N–H and O–H groups in total. The summed E-state index contributed by atoms with van der Waals surface area (Å²) in [7, 11) is 1.65. The van der Waals surface area contributed by atoms with E-state index in [4.69, 9.17) is 4.74 Å². The number of carbonyl (C=O) groups is 2. The van der Waals surface area contributed by atoms with Gasteiger partial charge < -0.3 is 4.74 Å². The number of fused-ring (bicyclic) bond motifs is 1. The molecule has 2 aromatic rings. The van der Waals surface area contributed by atoms with Crippen LogP contribution < -0.4 is 0 Å². The van der Waals surface area contributed by atoms with Crippen LogP contribution in [0.15, 0.2) is 71.8 Å². The Kier molecular flexibility index (Phi) is 3.82.